The molecular weight excluding hydrogens is 230 g/mol. The van der Waals surface area contributed by atoms with Crippen molar-refractivity contribution < 1.29 is 4.79 Å². The number of pyridine rings is 1. The van der Waals surface area contributed by atoms with Crippen molar-refractivity contribution in [2.24, 2.45) is 5.84 Å². The van der Waals surface area contributed by atoms with Crippen LogP contribution in [0.4, 0.5) is 0 Å². The van der Waals surface area contributed by atoms with Crippen molar-refractivity contribution in [2.75, 3.05) is 0 Å². The van der Waals surface area contributed by atoms with Gasteiger partial charge in [0.15, 0.2) is 0 Å². The number of nitrogens with zero attached hydrogens (tertiary/aromatic N) is 1. The van der Waals surface area contributed by atoms with Crippen LogP contribution in [0.3, 0.4) is 0 Å². The van der Waals surface area contributed by atoms with Gasteiger partial charge in [0.2, 0.25) is 0 Å². The first-order valence-corrected chi connectivity index (χ1v) is 6.20. The van der Waals surface area contributed by atoms with Crippen LogP contribution >= 0.6 is 0 Å². The minimum atomic E-state index is -0.549. The summed E-state index contributed by atoms with van der Waals surface area (Å²) < 4.78 is 1.69. The molecule has 0 spiro atoms. The minimum absolute atomic E-state index is 0.0559. The van der Waals surface area contributed by atoms with Crippen molar-refractivity contribution in [1.82, 2.24) is 9.99 Å². The lowest BCUT2D eigenvalue weighted by atomic mass is 10.1. The molecule has 3 N–H and O–H groups in total. The summed E-state index contributed by atoms with van der Waals surface area (Å²) in [5, 5.41) is 0. The molecule has 0 fully saturated rings. The monoisotopic (exact) mass is 251 g/mol. The normalized spacial score (nSPS) is 12.6. The van der Waals surface area contributed by atoms with E-state index in [9.17, 15) is 9.59 Å². The second-order valence-electron chi connectivity index (χ2n) is 4.73. The third-order valence-corrected chi connectivity index (χ3v) is 3.15. The van der Waals surface area contributed by atoms with Gasteiger partial charge in [-0.05, 0) is 31.4 Å². The number of nitrogen functional groups attached to an aromatic ring is 1. The molecule has 18 heavy (non-hydrogen) atoms. The molecule has 5 heteroatoms. The number of hydrogen-bond acceptors (Lipinski definition) is 3. The summed E-state index contributed by atoms with van der Waals surface area (Å²) in [6.07, 6.45) is 0.827. The SMILES string of the molecule is CCC(C)n1c(C(C)C)ccc(C(=O)NN)c1=O. The number of amides is 1. The summed E-state index contributed by atoms with van der Waals surface area (Å²) in [6.45, 7) is 8.03. The van der Waals surface area contributed by atoms with Crippen LogP contribution in [0.2, 0.25) is 0 Å². The highest BCUT2D eigenvalue weighted by molar-refractivity contribution is 5.93. The first-order valence-electron chi connectivity index (χ1n) is 6.20. The molecule has 1 aromatic rings. The van der Waals surface area contributed by atoms with E-state index < -0.39 is 5.91 Å². The summed E-state index contributed by atoms with van der Waals surface area (Å²) in [4.78, 5) is 23.9. The van der Waals surface area contributed by atoms with Crippen molar-refractivity contribution in [3.63, 3.8) is 0 Å². The van der Waals surface area contributed by atoms with Crippen LogP contribution in [-0.2, 0) is 0 Å². The summed E-state index contributed by atoms with van der Waals surface area (Å²) in [7, 11) is 0. The van der Waals surface area contributed by atoms with Gasteiger partial charge in [-0.1, -0.05) is 20.8 Å². The van der Waals surface area contributed by atoms with Gasteiger partial charge in [0.25, 0.3) is 11.5 Å². The van der Waals surface area contributed by atoms with E-state index in [1.54, 1.807) is 10.6 Å². The maximum Gasteiger partial charge on any atom is 0.270 e. The Balaban J connectivity index is 3.50. The van der Waals surface area contributed by atoms with Crippen molar-refractivity contribution in [1.29, 1.82) is 0 Å². The zero-order valence-corrected chi connectivity index (χ0v) is 11.4. The number of hydrogen-bond donors (Lipinski definition) is 2. The molecule has 1 aromatic heterocycles. The van der Waals surface area contributed by atoms with Crippen molar-refractivity contribution >= 4 is 5.91 Å². The number of carbonyl (C=O) groups excluding carboxylic acids is 1. The van der Waals surface area contributed by atoms with Crippen LogP contribution in [0.25, 0.3) is 0 Å². The number of hydrazine groups is 1. The molecule has 1 amide bonds. The second kappa shape index (κ2) is 5.82. The standard InChI is InChI=1S/C13H21N3O2/c1-5-9(4)16-11(8(2)3)7-6-10(13(16)18)12(17)15-14/h6-9H,5,14H2,1-4H3,(H,15,17). The van der Waals surface area contributed by atoms with E-state index >= 15 is 0 Å². The zero-order valence-electron chi connectivity index (χ0n) is 11.4. The molecule has 0 saturated carbocycles. The molecular formula is C13H21N3O2. The Morgan fingerprint density at radius 1 is 1.39 bits per heavy atom. The third-order valence-electron chi connectivity index (χ3n) is 3.15. The molecule has 0 aromatic carbocycles. The third kappa shape index (κ3) is 2.61. The van der Waals surface area contributed by atoms with Gasteiger partial charge in [-0.15, -0.1) is 0 Å². The van der Waals surface area contributed by atoms with Gasteiger partial charge < -0.3 is 4.57 Å². The predicted octanol–water partition coefficient (Wildman–Crippen LogP) is 1.55. The molecule has 1 heterocycles. The molecule has 0 radical (unpaired) electrons. The van der Waals surface area contributed by atoms with E-state index in [4.69, 9.17) is 5.84 Å². The van der Waals surface area contributed by atoms with Crippen molar-refractivity contribution in [2.45, 2.75) is 46.1 Å². The maximum atomic E-state index is 12.3. The predicted molar refractivity (Wildman–Crippen MR) is 71.4 cm³/mol. The Labute approximate surface area is 107 Å². The van der Waals surface area contributed by atoms with Crippen molar-refractivity contribution in [3.05, 3.63) is 33.7 Å². The maximum absolute atomic E-state index is 12.3. The number of aromatic nitrogens is 1. The van der Waals surface area contributed by atoms with Gasteiger partial charge in [-0.25, -0.2) is 5.84 Å². The molecule has 0 aliphatic carbocycles. The largest absolute Gasteiger partial charge is 0.309 e. The van der Waals surface area contributed by atoms with E-state index in [2.05, 4.69) is 0 Å². The highest BCUT2D eigenvalue weighted by Crippen LogP contribution is 2.18. The van der Waals surface area contributed by atoms with Gasteiger partial charge in [0.1, 0.15) is 5.56 Å². The second-order valence-corrected chi connectivity index (χ2v) is 4.73. The highest BCUT2D eigenvalue weighted by atomic mass is 16.2. The molecule has 1 unspecified atom stereocenters. The van der Waals surface area contributed by atoms with Crippen LogP contribution in [0.5, 0.6) is 0 Å². The number of carbonyl (C=O) groups is 1. The van der Waals surface area contributed by atoms with E-state index in [1.165, 1.54) is 0 Å². The van der Waals surface area contributed by atoms with Gasteiger partial charge in [0, 0.05) is 11.7 Å². The summed E-state index contributed by atoms with van der Waals surface area (Å²) >= 11 is 0. The lowest BCUT2D eigenvalue weighted by molar-refractivity contribution is 0.0951. The van der Waals surface area contributed by atoms with Crippen LogP contribution < -0.4 is 16.8 Å². The van der Waals surface area contributed by atoms with Crippen LogP contribution in [0, 0.1) is 0 Å². The average molecular weight is 251 g/mol. The smallest absolute Gasteiger partial charge is 0.270 e. The summed E-state index contributed by atoms with van der Waals surface area (Å²) in [5.74, 6) is 4.76. The molecule has 1 rings (SSSR count). The van der Waals surface area contributed by atoms with Gasteiger partial charge in [-0.2, -0.15) is 0 Å². The van der Waals surface area contributed by atoms with Crippen molar-refractivity contribution in [3.8, 4) is 0 Å². The van der Waals surface area contributed by atoms with E-state index in [-0.39, 0.29) is 23.1 Å². The van der Waals surface area contributed by atoms with Crippen LogP contribution in [0.1, 0.15) is 62.1 Å². The minimum Gasteiger partial charge on any atom is -0.309 e. The quantitative estimate of drug-likeness (QED) is 0.484. The molecule has 1 atom stereocenters. The van der Waals surface area contributed by atoms with Gasteiger partial charge in [0.05, 0.1) is 0 Å². The Bertz CT molecular complexity index is 491. The van der Waals surface area contributed by atoms with E-state index in [1.807, 2.05) is 39.2 Å². The average Bonchev–Trinajstić information content (AvgIpc) is 2.36. The first-order chi connectivity index (χ1) is 8.43. The Morgan fingerprint density at radius 3 is 2.44 bits per heavy atom. The Hall–Kier alpha value is -1.62. The fraction of sp³-hybridized carbons (Fsp3) is 0.538. The molecule has 0 bridgehead atoms. The lowest BCUT2D eigenvalue weighted by Crippen LogP contribution is -2.38. The number of nitrogens with two attached hydrogens (primary N) is 1. The van der Waals surface area contributed by atoms with Gasteiger partial charge >= 0.3 is 0 Å². The van der Waals surface area contributed by atoms with E-state index in [0.29, 0.717) is 0 Å². The lowest BCUT2D eigenvalue weighted by Gasteiger charge is -2.21. The van der Waals surface area contributed by atoms with E-state index in [0.717, 1.165) is 12.1 Å². The number of nitrogens with one attached hydrogen (secondary N) is 1. The first kappa shape index (κ1) is 14.4. The van der Waals surface area contributed by atoms with Gasteiger partial charge in [-0.3, -0.25) is 15.0 Å². The Kier molecular flexibility index (Phi) is 4.67. The fourth-order valence-corrected chi connectivity index (χ4v) is 1.93. The molecule has 100 valence electrons. The topological polar surface area (TPSA) is 77.1 Å². The summed E-state index contributed by atoms with van der Waals surface area (Å²) in [6, 6.07) is 3.42. The highest BCUT2D eigenvalue weighted by Gasteiger charge is 2.18. The Morgan fingerprint density at radius 2 is 2.00 bits per heavy atom. The number of rotatable bonds is 4. The molecule has 5 nitrogen and oxygen atoms in total. The van der Waals surface area contributed by atoms with Crippen LogP contribution in [-0.4, -0.2) is 10.5 Å². The summed E-state index contributed by atoms with van der Waals surface area (Å²) in [5.41, 5.74) is 2.74. The molecule has 0 aliphatic rings. The fourth-order valence-electron chi connectivity index (χ4n) is 1.93. The molecule has 0 saturated heterocycles. The van der Waals surface area contributed by atoms with Crippen LogP contribution in [0.15, 0.2) is 16.9 Å². The zero-order chi connectivity index (χ0) is 13.9. The molecule has 0 aliphatic heterocycles.